The number of rotatable bonds is 12. The van der Waals surface area contributed by atoms with E-state index in [-0.39, 0.29) is 29.7 Å². The second kappa shape index (κ2) is 13.6. The number of aldehydes is 1. The quantitative estimate of drug-likeness (QED) is 0.130. The van der Waals surface area contributed by atoms with Gasteiger partial charge in [0, 0.05) is 12.6 Å². The van der Waals surface area contributed by atoms with Gasteiger partial charge in [-0.25, -0.2) is 0 Å². The smallest absolute Gasteiger partial charge is 0.237 e. The van der Waals surface area contributed by atoms with Crippen LogP contribution in [0, 0.1) is 5.92 Å². The Bertz CT molecular complexity index is 1070. The summed E-state index contributed by atoms with van der Waals surface area (Å²) < 4.78 is 0. The molecule has 1 aliphatic rings. The number of fused-ring (bicyclic) bond motifs is 1. The lowest BCUT2D eigenvalue weighted by molar-refractivity contribution is -0.131. The first-order valence-corrected chi connectivity index (χ1v) is 12.7. The third-order valence-electron chi connectivity index (χ3n) is 6.81. The molecule has 36 heavy (non-hydrogen) atoms. The van der Waals surface area contributed by atoms with Gasteiger partial charge >= 0.3 is 0 Å². The van der Waals surface area contributed by atoms with E-state index in [1.165, 1.54) is 0 Å². The van der Waals surface area contributed by atoms with Crippen molar-refractivity contribution in [2.24, 2.45) is 22.4 Å². The standard InChI is InChI=1S/C27H38N6O3/c1-30-24(16-18-12-13-19-7-2-3-8-20(19)15-18)26(36)33-23-11-5-4-10-22(23)25(35)32-21(17-34)9-6-14-31-27(28)29/h2-3,7-8,12-13,15,17,21-24,30H,4-6,9-11,14,16H2,1H3,(H,32,35)(H,33,36)(H4,28,29,31)/t21-,22+,23-,24-/m0/s1. The highest BCUT2D eigenvalue weighted by Gasteiger charge is 2.34. The maximum atomic E-state index is 13.2. The number of hydrogen-bond donors (Lipinski definition) is 5. The summed E-state index contributed by atoms with van der Waals surface area (Å²) in [7, 11) is 1.77. The molecule has 9 nitrogen and oxygen atoms in total. The molecule has 0 aliphatic heterocycles. The van der Waals surface area contributed by atoms with E-state index in [4.69, 9.17) is 11.5 Å². The van der Waals surface area contributed by atoms with Crippen LogP contribution in [0.1, 0.15) is 44.1 Å². The monoisotopic (exact) mass is 494 g/mol. The van der Waals surface area contributed by atoms with Gasteiger partial charge in [-0.1, -0.05) is 55.3 Å². The van der Waals surface area contributed by atoms with Crippen molar-refractivity contribution in [3.05, 3.63) is 48.0 Å². The lowest BCUT2D eigenvalue weighted by Gasteiger charge is -2.33. The topological polar surface area (TPSA) is 152 Å². The van der Waals surface area contributed by atoms with Gasteiger partial charge in [0.1, 0.15) is 6.29 Å². The van der Waals surface area contributed by atoms with E-state index in [9.17, 15) is 14.4 Å². The molecule has 0 unspecified atom stereocenters. The summed E-state index contributed by atoms with van der Waals surface area (Å²) in [6.45, 7) is 0.396. The number of benzene rings is 2. The second-order valence-corrected chi connectivity index (χ2v) is 9.43. The van der Waals surface area contributed by atoms with Crippen molar-refractivity contribution in [2.75, 3.05) is 13.6 Å². The van der Waals surface area contributed by atoms with Crippen LogP contribution in [-0.4, -0.2) is 55.8 Å². The van der Waals surface area contributed by atoms with Crippen LogP contribution in [0.2, 0.25) is 0 Å². The van der Waals surface area contributed by atoms with E-state index >= 15 is 0 Å². The highest BCUT2D eigenvalue weighted by molar-refractivity contribution is 5.86. The molecule has 1 aliphatic carbocycles. The van der Waals surface area contributed by atoms with Gasteiger partial charge < -0.3 is 32.2 Å². The Kier molecular flexibility index (Phi) is 10.2. The normalized spacial score (nSPS) is 19.1. The predicted molar refractivity (Wildman–Crippen MR) is 142 cm³/mol. The number of carbonyl (C=O) groups is 3. The average molecular weight is 495 g/mol. The number of nitrogens with two attached hydrogens (primary N) is 2. The molecular weight excluding hydrogens is 456 g/mol. The van der Waals surface area contributed by atoms with Crippen LogP contribution in [0.25, 0.3) is 10.8 Å². The third kappa shape index (κ3) is 7.78. The first-order chi connectivity index (χ1) is 17.4. The van der Waals surface area contributed by atoms with Crippen LogP contribution >= 0.6 is 0 Å². The van der Waals surface area contributed by atoms with Gasteiger partial charge in [0.05, 0.1) is 18.0 Å². The van der Waals surface area contributed by atoms with Crippen LogP contribution < -0.4 is 27.4 Å². The minimum atomic E-state index is -0.608. The molecule has 0 radical (unpaired) electrons. The minimum absolute atomic E-state index is 0.00275. The van der Waals surface area contributed by atoms with Gasteiger partial charge in [-0.3, -0.25) is 14.6 Å². The van der Waals surface area contributed by atoms with E-state index < -0.39 is 12.1 Å². The molecule has 0 heterocycles. The number of guanidine groups is 1. The highest BCUT2D eigenvalue weighted by Crippen LogP contribution is 2.25. The molecule has 9 heteroatoms. The molecule has 2 aromatic rings. The maximum absolute atomic E-state index is 13.2. The zero-order valence-corrected chi connectivity index (χ0v) is 20.9. The largest absolute Gasteiger partial charge is 0.370 e. The molecule has 0 aromatic heterocycles. The lowest BCUT2D eigenvalue weighted by atomic mass is 9.83. The Labute approximate surface area is 212 Å². The number of nitrogens with one attached hydrogen (secondary N) is 3. The predicted octanol–water partition coefficient (Wildman–Crippen LogP) is 1.38. The number of amides is 2. The zero-order chi connectivity index (χ0) is 25.9. The summed E-state index contributed by atoms with van der Waals surface area (Å²) >= 11 is 0. The maximum Gasteiger partial charge on any atom is 0.237 e. The molecule has 0 saturated heterocycles. The summed E-state index contributed by atoms with van der Waals surface area (Å²) in [5.41, 5.74) is 11.7. The van der Waals surface area contributed by atoms with Crippen molar-refractivity contribution in [1.29, 1.82) is 0 Å². The number of likely N-dealkylation sites (N-methyl/N-ethyl adjacent to an activating group) is 1. The SMILES string of the molecule is CN[C@@H](Cc1ccc2ccccc2c1)C(=O)N[C@H]1CCCC[C@H]1C(=O)N[C@H](C=O)CCCN=C(N)N. The summed E-state index contributed by atoms with van der Waals surface area (Å²) in [6.07, 6.45) is 5.56. The number of aliphatic imine (C=N–C) groups is 1. The first-order valence-electron chi connectivity index (χ1n) is 12.7. The van der Waals surface area contributed by atoms with E-state index in [1.54, 1.807) is 7.05 Å². The third-order valence-corrected chi connectivity index (χ3v) is 6.81. The molecule has 0 bridgehead atoms. The molecule has 7 N–H and O–H groups in total. The van der Waals surface area contributed by atoms with Crippen LogP contribution in [0.15, 0.2) is 47.5 Å². The Morgan fingerprint density at radius 3 is 2.58 bits per heavy atom. The van der Waals surface area contributed by atoms with Gasteiger partial charge in [0.15, 0.2) is 5.96 Å². The minimum Gasteiger partial charge on any atom is -0.370 e. The van der Waals surface area contributed by atoms with Crippen LogP contribution in [-0.2, 0) is 20.8 Å². The van der Waals surface area contributed by atoms with Crippen molar-refractivity contribution in [1.82, 2.24) is 16.0 Å². The van der Waals surface area contributed by atoms with E-state index in [1.807, 2.05) is 18.2 Å². The Hall–Kier alpha value is -3.46. The molecule has 4 atom stereocenters. The number of nitrogens with zero attached hydrogens (tertiary/aromatic N) is 1. The fourth-order valence-electron chi connectivity index (χ4n) is 4.81. The van der Waals surface area contributed by atoms with Gasteiger partial charge in [0.25, 0.3) is 0 Å². The van der Waals surface area contributed by atoms with E-state index in [0.717, 1.165) is 41.9 Å². The molecule has 2 aromatic carbocycles. The average Bonchev–Trinajstić information content (AvgIpc) is 2.88. The van der Waals surface area contributed by atoms with E-state index in [2.05, 4.69) is 45.2 Å². The molecule has 2 amide bonds. The van der Waals surface area contributed by atoms with E-state index in [0.29, 0.717) is 32.2 Å². The second-order valence-electron chi connectivity index (χ2n) is 9.43. The van der Waals surface area contributed by atoms with Gasteiger partial charge in [-0.15, -0.1) is 0 Å². The molecule has 1 saturated carbocycles. The first kappa shape index (κ1) is 27.1. The summed E-state index contributed by atoms with van der Waals surface area (Å²) in [5, 5.41) is 11.4. The molecular formula is C27H38N6O3. The van der Waals surface area contributed by atoms with Crippen LogP contribution in [0.3, 0.4) is 0 Å². The number of hydrogen-bond acceptors (Lipinski definition) is 5. The summed E-state index contributed by atoms with van der Waals surface area (Å²) in [6, 6.07) is 13.1. The van der Waals surface area contributed by atoms with Crippen molar-refractivity contribution < 1.29 is 14.4 Å². The fraction of sp³-hybridized carbons (Fsp3) is 0.481. The van der Waals surface area contributed by atoms with Crippen molar-refractivity contribution in [3.63, 3.8) is 0 Å². The van der Waals surface area contributed by atoms with Crippen LogP contribution in [0.4, 0.5) is 0 Å². The van der Waals surface area contributed by atoms with Crippen molar-refractivity contribution in [2.45, 2.75) is 63.1 Å². The zero-order valence-electron chi connectivity index (χ0n) is 20.9. The molecule has 1 fully saturated rings. The van der Waals surface area contributed by atoms with Gasteiger partial charge in [0.2, 0.25) is 11.8 Å². The molecule has 194 valence electrons. The fourth-order valence-corrected chi connectivity index (χ4v) is 4.81. The molecule has 0 spiro atoms. The number of carbonyl (C=O) groups excluding carboxylic acids is 3. The van der Waals surface area contributed by atoms with Gasteiger partial charge in [-0.2, -0.15) is 0 Å². The van der Waals surface area contributed by atoms with Crippen LogP contribution in [0.5, 0.6) is 0 Å². The summed E-state index contributed by atoms with van der Waals surface area (Å²) in [5.74, 6) is -0.696. The highest BCUT2D eigenvalue weighted by atomic mass is 16.2. The molecule has 3 rings (SSSR count). The van der Waals surface area contributed by atoms with Crippen molar-refractivity contribution in [3.8, 4) is 0 Å². The van der Waals surface area contributed by atoms with Crippen molar-refractivity contribution >= 4 is 34.8 Å². The van der Waals surface area contributed by atoms with Gasteiger partial charge in [-0.05, 0) is 55.5 Å². The Balaban J connectivity index is 1.59. The Morgan fingerprint density at radius 2 is 1.86 bits per heavy atom. The lowest BCUT2D eigenvalue weighted by Crippen LogP contribution is -2.54. The summed E-state index contributed by atoms with van der Waals surface area (Å²) in [4.78, 5) is 41.7. The Morgan fingerprint density at radius 1 is 1.11 bits per heavy atom.